The van der Waals surface area contributed by atoms with Crippen molar-refractivity contribution in [2.45, 2.75) is 13.0 Å². The number of halogens is 2. The Morgan fingerprint density at radius 2 is 2.20 bits per heavy atom. The molecule has 1 saturated heterocycles. The fourth-order valence-electron chi connectivity index (χ4n) is 1.13. The molecular weight excluding hydrogens is 328 g/mol. The van der Waals surface area contributed by atoms with E-state index >= 15 is 0 Å². The third-order valence-corrected chi connectivity index (χ3v) is 4.53. The molecule has 1 aromatic carbocycles. The van der Waals surface area contributed by atoms with Crippen LogP contribution in [-0.2, 0) is 4.74 Å². The lowest BCUT2D eigenvalue weighted by molar-refractivity contribution is 0.260. The van der Waals surface area contributed by atoms with Gasteiger partial charge in [-0.2, -0.15) is 0 Å². The van der Waals surface area contributed by atoms with E-state index in [9.17, 15) is 5.11 Å². The zero-order valence-electron chi connectivity index (χ0n) is 8.09. The van der Waals surface area contributed by atoms with Crippen LogP contribution in [0.1, 0.15) is 5.56 Å². The molecule has 0 spiro atoms. The molecular formula is C10H10Br2O3. The smallest absolute Gasteiger partial charge is 0.138 e. The molecule has 1 aliphatic heterocycles. The maximum absolute atomic E-state index is 9.62. The van der Waals surface area contributed by atoms with E-state index in [1.54, 1.807) is 6.07 Å². The molecule has 2 rings (SSSR count). The first-order valence-electron chi connectivity index (χ1n) is 4.51. The molecule has 1 heterocycles. The van der Waals surface area contributed by atoms with Crippen LogP contribution < -0.4 is 4.74 Å². The van der Waals surface area contributed by atoms with Crippen LogP contribution in [0.5, 0.6) is 11.5 Å². The van der Waals surface area contributed by atoms with Gasteiger partial charge in [0.15, 0.2) is 0 Å². The first kappa shape index (κ1) is 11.2. The van der Waals surface area contributed by atoms with Gasteiger partial charge in [0.25, 0.3) is 0 Å². The number of phenolic OH excluding ortho intramolecular Hbond substituents is 1. The molecule has 0 aliphatic carbocycles. The quantitative estimate of drug-likeness (QED) is 0.862. The number of epoxide rings is 1. The normalized spacial score (nSPS) is 19.0. The number of ether oxygens (including phenoxy) is 2. The summed E-state index contributed by atoms with van der Waals surface area (Å²) in [6, 6.07) is 1.60. The lowest BCUT2D eigenvalue weighted by atomic mass is 10.2. The van der Waals surface area contributed by atoms with Gasteiger partial charge < -0.3 is 14.6 Å². The molecule has 1 atom stereocenters. The summed E-state index contributed by atoms with van der Waals surface area (Å²) in [7, 11) is 0. The summed E-state index contributed by atoms with van der Waals surface area (Å²) in [6.45, 7) is 3.11. The topological polar surface area (TPSA) is 42.0 Å². The fourth-order valence-corrected chi connectivity index (χ4v) is 2.06. The summed E-state index contributed by atoms with van der Waals surface area (Å²) in [6.07, 6.45) is 0.208. The molecule has 0 amide bonds. The second kappa shape index (κ2) is 4.31. The van der Waals surface area contributed by atoms with Crippen molar-refractivity contribution in [1.29, 1.82) is 0 Å². The number of hydrogen-bond acceptors (Lipinski definition) is 3. The van der Waals surface area contributed by atoms with Gasteiger partial charge >= 0.3 is 0 Å². The number of aromatic hydroxyl groups is 1. The molecule has 1 aliphatic rings. The van der Waals surface area contributed by atoms with E-state index in [-0.39, 0.29) is 11.9 Å². The number of phenols is 1. The summed E-state index contributed by atoms with van der Waals surface area (Å²) in [5.41, 5.74) is 0.789. The summed E-state index contributed by atoms with van der Waals surface area (Å²) in [5, 5.41) is 9.62. The Hall–Kier alpha value is -0.260. The molecule has 0 aromatic heterocycles. The molecule has 5 heteroatoms. The zero-order valence-corrected chi connectivity index (χ0v) is 11.3. The number of rotatable bonds is 3. The fraction of sp³-hybridized carbons (Fsp3) is 0.400. The molecule has 1 fully saturated rings. The van der Waals surface area contributed by atoms with Gasteiger partial charge in [-0.25, -0.2) is 0 Å². The first-order chi connectivity index (χ1) is 7.09. The molecule has 0 radical (unpaired) electrons. The molecule has 1 unspecified atom stereocenters. The molecule has 0 bridgehead atoms. The standard InChI is InChI=1S/C10H10Br2O3/c1-5-7(13)2-8(10(12)9(5)11)15-4-6-3-14-6/h2,6,13H,3-4H2,1H3. The molecule has 0 saturated carbocycles. The van der Waals surface area contributed by atoms with E-state index in [0.29, 0.717) is 12.4 Å². The average Bonchev–Trinajstić information content (AvgIpc) is 3.02. The van der Waals surface area contributed by atoms with Gasteiger partial charge in [-0.05, 0) is 38.8 Å². The first-order valence-corrected chi connectivity index (χ1v) is 6.10. The van der Waals surface area contributed by atoms with Gasteiger partial charge in [-0.1, -0.05) is 0 Å². The third-order valence-electron chi connectivity index (χ3n) is 2.22. The molecule has 1 N–H and O–H groups in total. The van der Waals surface area contributed by atoms with Gasteiger partial charge in [0.2, 0.25) is 0 Å². The molecule has 3 nitrogen and oxygen atoms in total. The predicted octanol–water partition coefficient (Wildman–Crippen LogP) is 3.00. The van der Waals surface area contributed by atoms with Gasteiger partial charge in [0.05, 0.1) is 11.1 Å². The van der Waals surface area contributed by atoms with E-state index in [0.717, 1.165) is 21.1 Å². The maximum atomic E-state index is 9.62. The highest BCUT2D eigenvalue weighted by Crippen LogP contribution is 2.40. The van der Waals surface area contributed by atoms with Crippen molar-refractivity contribution in [3.05, 3.63) is 20.6 Å². The molecule has 1 aromatic rings. The minimum atomic E-state index is 0.208. The monoisotopic (exact) mass is 336 g/mol. The van der Waals surface area contributed by atoms with Crippen LogP contribution in [0.4, 0.5) is 0 Å². The Morgan fingerprint density at radius 1 is 1.53 bits per heavy atom. The summed E-state index contributed by atoms with van der Waals surface area (Å²) in [4.78, 5) is 0. The predicted molar refractivity (Wildman–Crippen MR) is 63.5 cm³/mol. The maximum Gasteiger partial charge on any atom is 0.138 e. The van der Waals surface area contributed by atoms with Crippen molar-refractivity contribution < 1.29 is 14.6 Å². The highest BCUT2D eigenvalue weighted by Gasteiger charge is 2.24. The second-order valence-corrected chi connectivity index (χ2v) is 5.00. The lowest BCUT2D eigenvalue weighted by Gasteiger charge is -2.11. The summed E-state index contributed by atoms with van der Waals surface area (Å²) >= 11 is 6.80. The van der Waals surface area contributed by atoms with Crippen molar-refractivity contribution in [2.75, 3.05) is 13.2 Å². The Morgan fingerprint density at radius 3 is 2.80 bits per heavy atom. The molecule has 82 valence electrons. The van der Waals surface area contributed by atoms with Crippen molar-refractivity contribution in [2.24, 2.45) is 0 Å². The zero-order chi connectivity index (χ0) is 11.0. The van der Waals surface area contributed by atoms with Gasteiger partial charge in [-0.3, -0.25) is 0 Å². The van der Waals surface area contributed by atoms with Crippen LogP contribution in [0.3, 0.4) is 0 Å². The Labute approximate surface area is 105 Å². The van der Waals surface area contributed by atoms with Gasteiger partial charge in [-0.15, -0.1) is 0 Å². The Bertz CT molecular complexity index is 389. The second-order valence-electron chi connectivity index (χ2n) is 3.41. The van der Waals surface area contributed by atoms with Crippen LogP contribution in [0.15, 0.2) is 15.0 Å². The van der Waals surface area contributed by atoms with Gasteiger partial charge in [0.1, 0.15) is 24.2 Å². The SMILES string of the molecule is Cc1c(O)cc(OCC2CO2)c(Br)c1Br. The van der Waals surface area contributed by atoms with Gasteiger partial charge in [0, 0.05) is 16.1 Å². The van der Waals surface area contributed by atoms with Crippen molar-refractivity contribution >= 4 is 31.9 Å². The molecule has 15 heavy (non-hydrogen) atoms. The van der Waals surface area contributed by atoms with Crippen LogP contribution >= 0.6 is 31.9 Å². The van der Waals surface area contributed by atoms with Crippen molar-refractivity contribution in [3.8, 4) is 11.5 Å². The summed E-state index contributed by atoms with van der Waals surface area (Å²) < 4.78 is 12.2. The largest absolute Gasteiger partial charge is 0.507 e. The van der Waals surface area contributed by atoms with Crippen LogP contribution in [0.2, 0.25) is 0 Å². The van der Waals surface area contributed by atoms with Crippen molar-refractivity contribution in [1.82, 2.24) is 0 Å². The van der Waals surface area contributed by atoms with E-state index in [4.69, 9.17) is 9.47 Å². The van der Waals surface area contributed by atoms with E-state index in [1.165, 1.54) is 0 Å². The van der Waals surface area contributed by atoms with E-state index in [2.05, 4.69) is 31.9 Å². The Balaban J connectivity index is 2.21. The van der Waals surface area contributed by atoms with E-state index in [1.807, 2.05) is 6.92 Å². The van der Waals surface area contributed by atoms with Crippen molar-refractivity contribution in [3.63, 3.8) is 0 Å². The van der Waals surface area contributed by atoms with Crippen LogP contribution in [-0.4, -0.2) is 24.4 Å². The minimum Gasteiger partial charge on any atom is -0.507 e. The average molecular weight is 338 g/mol. The van der Waals surface area contributed by atoms with E-state index < -0.39 is 0 Å². The number of hydrogen-bond donors (Lipinski definition) is 1. The number of benzene rings is 1. The minimum absolute atomic E-state index is 0.208. The third kappa shape index (κ3) is 2.46. The summed E-state index contributed by atoms with van der Waals surface area (Å²) in [5.74, 6) is 0.845. The van der Waals surface area contributed by atoms with Crippen LogP contribution in [0, 0.1) is 6.92 Å². The van der Waals surface area contributed by atoms with Crippen LogP contribution in [0.25, 0.3) is 0 Å². The highest BCUT2D eigenvalue weighted by molar-refractivity contribution is 9.13. The Kier molecular flexibility index (Phi) is 3.23. The highest BCUT2D eigenvalue weighted by atomic mass is 79.9. The lowest BCUT2D eigenvalue weighted by Crippen LogP contribution is -2.04.